The second-order valence-electron chi connectivity index (χ2n) is 7.98. The standard InChI is InChI=1S/C27H18N4O3/c28-19-5-1-3-17(11-19)26-30-21-13-15(7-9-23(21)33-26)25(32)16-8-10-24-22(14-16)31-27(34-24)18-4-2-6-20(29)12-18/h1-14H,28-29H2. The van der Waals surface area contributed by atoms with Gasteiger partial charge in [0.15, 0.2) is 16.9 Å². The van der Waals surface area contributed by atoms with Gasteiger partial charge in [0.1, 0.15) is 11.0 Å². The molecule has 2 aromatic heterocycles. The van der Waals surface area contributed by atoms with Gasteiger partial charge in [-0.25, -0.2) is 9.97 Å². The van der Waals surface area contributed by atoms with E-state index in [1.807, 2.05) is 24.3 Å². The van der Waals surface area contributed by atoms with Crippen LogP contribution in [0.1, 0.15) is 15.9 Å². The van der Waals surface area contributed by atoms with Crippen LogP contribution in [0.5, 0.6) is 0 Å². The van der Waals surface area contributed by atoms with E-state index in [0.717, 1.165) is 11.1 Å². The van der Waals surface area contributed by atoms with Crippen LogP contribution in [0.15, 0.2) is 93.8 Å². The molecule has 0 aliphatic rings. The topological polar surface area (TPSA) is 121 Å². The summed E-state index contributed by atoms with van der Waals surface area (Å²) in [7, 11) is 0. The predicted octanol–water partition coefficient (Wildman–Crippen LogP) is 5.70. The average Bonchev–Trinajstić information content (AvgIpc) is 3.47. The number of fused-ring (bicyclic) bond motifs is 2. The minimum Gasteiger partial charge on any atom is -0.436 e. The van der Waals surface area contributed by atoms with Crippen molar-refractivity contribution in [2.24, 2.45) is 0 Å². The Kier molecular flexibility index (Phi) is 4.41. The molecule has 0 amide bonds. The first-order valence-corrected chi connectivity index (χ1v) is 10.6. The lowest BCUT2D eigenvalue weighted by Gasteiger charge is -2.00. The fourth-order valence-electron chi connectivity index (χ4n) is 3.89. The minimum atomic E-state index is -0.147. The molecule has 0 saturated heterocycles. The molecule has 4 aromatic carbocycles. The summed E-state index contributed by atoms with van der Waals surface area (Å²) in [5, 5.41) is 0. The van der Waals surface area contributed by atoms with Crippen molar-refractivity contribution in [3.05, 3.63) is 96.1 Å². The fourth-order valence-corrected chi connectivity index (χ4v) is 3.89. The van der Waals surface area contributed by atoms with Crippen molar-refractivity contribution in [1.82, 2.24) is 9.97 Å². The van der Waals surface area contributed by atoms with Gasteiger partial charge in [0.05, 0.1) is 0 Å². The molecule has 0 unspecified atom stereocenters. The van der Waals surface area contributed by atoms with Crippen molar-refractivity contribution in [3.8, 4) is 22.9 Å². The summed E-state index contributed by atoms with van der Waals surface area (Å²) in [5.74, 6) is 0.751. The molecule has 0 spiro atoms. The zero-order valence-corrected chi connectivity index (χ0v) is 17.9. The second kappa shape index (κ2) is 7.60. The number of benzene rings is 4. The Labute approximate surface area is 193 Å². The van der Waals surface area contributed by atoms with E-state index >= 15 is 0 Å². The lowest BCUT2D eigenvalue weighted by atomic mass is 10.0. The Hall–Kier alpha value is -4.91. The number of nitrogen functional groups attached to an aromatic ring is 2. The van der Waals surface area contributed by atoms with E-state index < -0.39 is 0 Å². The van der Waals surface area contributed by atoms with Crippen LogP contribution in [-0.4, -0.2) is 15.8 Å². The third-order valence-corrected chi connectivity index (χ3v) is 5.57. The van der Waals surface area contributed by atoms with Gasteiger partial charge in [0, 0.05) is 33.6 Å². The number of nitrogens with zero attached hydrogens (tertiary/aromatic N) is 2. The van der Waals surface area contributed by atoms with Crippen molar-refractivity contribution in [1.29, 1.82) is 0 Å². The maximum Gasteiger partial charge on any atom is 0.227 e. The lowest BCUT2D eigenvalue weighted by molar-refractivity contribution is 0.103. The number of ketones is 1. The molecule has 6 aromatic rings. The van der Waals surface area contributed by atoms with Gasteiger partial charge in [0.25, 0.3) is 0 Å². The van der Waals surface area contributed by atoms with E-state index in [9.17, 15) is 4.79 Å². The predicted molar refractivity (Wildman–Crippen MR) is 131 cm³/mol. The Balaban J connectivity index is 1.34. The molecular weight excluding hydrogens is 428 g/mol. The summed E-state index contributed by atoms with van der Waals surface area (Å²) in [6.45, 7) is 0. The van der Waals surface area contributed by atoms with Gasteiger partial charge in [-0.05, 0) is 72.8 Å². The second-order valence-corrected chi connectivity index (χ2v) is 7.98. The van der Waals surface area contributed by atoms with E-state index in [4.69, 9.17) is 20.3 Å². The number of hydrogen-bond acceptors (Lipinski definition) is 7. The Bertz CT molecular complexity index is 1590. The summed E-state index contributed by atoms with van der Waals surface area (Å²) in [6, 6.07) is 25.0. The third-order valence-electron chi connectivity index (χ3n) is 5.57. The summed E-state index contributed by atoms with van der Waals surface area (Å²) in [6.07, 6.45) is 0. The number of nitrogens with two attached hydrogens (primary N) is 2. The molecule has 0 bridgehead atoms. The van der Waals surface area contributed by atoms with Crippen molar-refractivity contribution >= 4 is 39.4 Å². The lowest BCUT2D eigenvalue weighted by Crippen LogP contribution is -2.00. The Morgan fingerprint density at radius 2 is 1.09 bits per heavy atom. The minimum absolute atomic E-state index is 0.147. The van der Waals surface area contributed by atoms with Crippen molar-refractivity contribution in [3.63, 3.8) is 0 Å². The number of rotatable bonds is 4. The quantitative estimate of drug-likeness (QED) is 0.263. The van der Waals surface area contributed by atoms with Crippen molar-refractivity contribution < 1.29 is 13.6 Å². The molecule has 34 heavy (non-hydrogen) atoms. The summed E-state index contributed by atoms with van der Waals surface area (Å²) in [4.78, 5) is 22.3. The van der Waals surface area contributed by atoms with Gasteiger partial charge in [-0.2, -0.15) is 0 Å². The largest absolute Gasteiger partial charge is 0.436 e. The molecule has 6 rings (SSSR count). The van der Waals surface area contributed by atoms with Gasteiger partial charge in [-0.3, -0.25) is 4.79 Å². The fraction of sp³-hybridized carbons (Fsp3) is 0. The zero-order chi connectivity index (χ0) is 23.2. The Morgan fingerprint density at radius 1 is 0.618 bits per heavy atom. The highest BCUT2D eigenvalue weighted by Gasteiger charge is 2.16. The molecular formula is C27H18N4O3. The number of carbonyl (C=O) groups excluding carboxylic acids is 1. The van der Waals surface area contributed by atoms with Gasteiger partial charge in [-0.15, -0.1) is 0 Å². The molecule has 0 aliphatic carbocycles. The third kappa shape index (κ3) is 3.45. The van der Waals surface area contributed by atoms with Crippen LogP contribution in [0.25, 0.3) is 45.1 Å². The molecule has 0 radical (unpaired) electrons. The normalized spacial score (nSPS) is 11.3. The monoisotopic (exact) mass is 446 g/mol. The van der Waals surface area contributed by atoms with Crippen LogP contribution < -0.4 is 11.5 Å². The van der Waals surface area contributed by atoms with Crippen LogP contribution in [0.4, 0.5) is 11.4 Å². The molecule has 0 saturated carbocycles. The highest BCUT2D eigenvalue weighted by atomic mass is 16.4. The van der Waals surface area contributed by atoms with Crippen LogP contribution in [-0.2, 0) is 0 Å². The van der Waals surface area contributed by atoms with Crippen LogP contribution >= 0.6 is 0 Å². The van der Waals surface area contributed by atoms with E-state index in [-0.39, 0.29) is 5.78 Å². The highest BCUT2D eigenvalue weighted by Crippen LogP contribution is 2.29. The molecule has 0 fully saturated rings. The maximum atomic E-state index is 13.2. The smallest absolute Gasteiger partial charge is 0.227 e. The first kappa shape index (κ1) is 19.8. The molecule has 164 valence electrons. The first-order chi connectivity index (χ1) is 16.5. The highest BCUT2D eigenvalue weighted by molar-refractivity contribution is 6.11. The summed E-state index contributed by atoms with van der Waals surface area (Å²) >= 11 is 0. The zero-order valence-electron chi connectivity index (χ0n) is 17.9. The average molecular weight is 446 g/mol. The van der Waals surface area contributed by atoms with Crippen molar-refractivity contribution in [2.45, 2.75) is 0 Å². The molecule has 0 aliphatic heterocycles. The van der Waals surface area contributed by atoms with Gasteiger partial charge in [-0.1, -0.05) is 12.1 Å². The maximum absolute atomic E-state index is 13.2. The summed E-state index contributed by atoms with van der Waals surface area (Å²) < 4.78 is 11.7. The van der Waals surface area contributed by atoms with Crippen molar-refractivity contribution in [2.75, 3.05) is 11.5 Å². The number of carbonyl (C=O) groups is 1. The summed E-state index contributed by atoms with van der Waals surface area (Å²) in [5.41, 5.74) is 17.9. The molecule has 4 N–H and O–H groups in total. The number of aromatic nitrogens is 2. The van der Waals surface area contributed by atoms with E-state index in [2.05, 4.69) is 9.97 Å². The van der Waals surface area contributed by atoms with E-state index in [1.165, 1.54) is 0 Å². The van der Waals surface area contributed by atoms with Crippen LogP contribution in [0.2, 0.25) is 0 Å². The van der Waals surface area contributed by atoms with Crippen LogP contribution in [0.3, 0.4) is 0 Å². The number of oxazole rings is 2. The molecule has 0 atom stereocenters. The van der Waals surface area contributed by atoms with Gasteiger partial charge >= 0.3 is 0 Å². The molecule has 7 heteroatoms. The van der Waals surface area contributed by atoms with E-state index in [1.54, 1.807) is 60.7 Å². The molecule has 2 heterocycles. The number of anilines is 2. The molecule has 7 nitrogen and oxygen atoms in total. The van der Waals surface area contributed by atoms with Gasteiger partial charge < -0.3 is 20.3 Å². The number of hydrogen-bond donors (Lipinski definition) is 2. The van der Waals surface area contributed by atoms with E-state index in [0.29, 0.717) is 56.5 Å². The Morgan fingerprint density at radius 3 is 1.53 bits per heavy atom. The van der Waals surface area contributed by atoms with Crippen LogP contribution in [0, 0.1) is 0 Å². The van der Waals surface area contributed by atoms with Gasteiger partial charge in [0.2, 0.25) is 11.8 Å². The SMILES string of the molecule is Nc1cccc(-c2nc3cc(C(=O)c4ccc5oc(-c6cccc(N)c6)nc5c4)ccc3o2)c1. The first-order valence-electron chi connectivity index (χ1n) is 10.6.